The van der Waals surface area contributed by atoms with E-state index in [4.69, 9.17) is 0 Å². The van der Waals surface area contributed by atoms with Gasteiger partial charge >= 0.3 is 0 Å². The molecule has 2 heterocycles. The fraction of sp³-hybridized carbons (Fsp3) is 0.571. The number of anilines is 1. The summed E-state index contributed by atoms with van der Waals surface area (Å²) < 4.78 is 4.00. The van der Waals surface area contributed by atoms with Crippen LogP contribution in [0.1, 0.15) is 37.1 Å². The van der Waals surface area contributed by atoms with Crippen molar-refractivity contribution in [1.82, 2.24) is 19.3 Å². The molecule has 0 unspecified atom stereocenters. The summed E-state index contributed by atoms with van der Waals surface area (Å²) in [4.78, 5) is 4.59. The van der Waals surface area contributed by atoms with Crippen LogP contribution in [0.5, 0.6) is 0 Å². The highest BCUT2D eigenvalue weighted by molar-refractivity contribution is 5.31. The Hall–Kier alpha value is -1.78. The molecular weight excluding hydrogens is 238 g/mol. The van der Waals surface area contributed by atoms with Gasteiger partial charge in [-0.3, -0.25) is 4.68 Å². The Morgan fingerprint density at radius 3 is 2.84 bits per heavy atom. The van der Waals surface area contributed by atoms with Gasteiger partial charge in [-0.05, 0) is 25.8 Å². The van der Waals surface area contributed by atoms with Gasteiger partial charge in [-0.2, -0.15) is 5.10 Å². The fourth-order valence-corrected chi connectivity index (χ4v) is 2.76. The lowest BCUT2D eigenvalue weighted by atomic mass is 10.2. The molecule has 102 valence electrons. The van der Waals surface area contributed by atoms with Crippen molar-refractivity contribution in [3.8, 4) is 0 Å². The van der Waals surface area contributed by atoms with Crippen molar-refractivity contribution in [2.45, 2.75) is 45.2 Å². The molecule has 19 heavy (non-hydrogen) atoms. The number of nitrogens with zero attached hydrogens (tertiary/aromatic N) is 4. The van der Waals surface area contributed by atoms with Gasteiger partial charge in [0.1, 0.15) is 0 Å². The predicted molar refractivity (Wildman–Crippen MR) is 75.2 cm³/mol. The smallest absolute Gasteiger partial charge is 0.203 e. The molecule has 1 saturated carbocycles. The largest absolute Gasteiger partial charge is 0.353 e. The molecule has 0 amide bonds. The Morgan fingerprint density at radius 1 is 1.37 bits per heavy atom. The highest BCUT2D eigenvalue weighted by Crippen LogP contribution is 2.22. The Labute approximate surface area is 113 Å². The first-order valence-electron chi connectivity index (χ1n) is 6.99. The number of nitrogens with one attached hydrogen (secondary N) is 1. The van der Waals surface area contributed by atoms with Crippen LogP contribution in [0.25, 0.3) is 0 Å². The topological polar surface area (TPSA) is 47.7 Å². The van der Waals surface area contributed by atoms with Gasteiger partial charge in [0.15, 0.2) is 0 Å². The number of rotatable bonds is 4. The van der Waals surface area contributed by atoms with E-state index in [1.165, 1.54) is 25.7 Å². The molecule has 0 saturated heterocycles. The van der Waals surface area contributed by atoms with E-state index < -0.39 is 0 Å². The highest BCUT2D eigenvalue weighted by atomic mass is 15.3. The monoisotopic (exact) mass is 259 g/mol. The van der Waals surface area contributed by atoms with Crippen molar-refractivity contribution < 1.29 is 0 Å². The molecule has 1 fully saturated rings. The molecule has 2 aromatic rings. The maximum absolute atomic E-state index is 4.59. The zero-order valence-electron chi connectivity index (χ0n) is 11.6. The second-order valence-corrected chi connectivity index (χ2v) is 5.44. The van der Waals surface area contributed by atoms with Crippen molar-refractivity contribution >= 4 is 5.95 Å². The van der Waals surface area contributed by atoms with Crippen LogP contribution in [0.15, 0.2) is 18.5 Å². The molecule has 1 N–H and O–H groups in total. The standard InChI is InChI=1S/C14H21N5/c1-11-9-19(10-13-7-8-18(2)17-13)14(15-11)16-12-5-3-4-6-12/h7-9,12H,3-6,10H2,1-2H3,(H,15,16). The van der Waals surface area contributed by atoms with Crippen molar-refractivity contribution in [3.05, 3.63) is 29.8 Å². The van der Waals surface area contributed by atoms with E-state index in [0.29, 0.717) is 6.04 Å². The van der Waals surface area contributed by atoms with Crippen molar-refractivity contribution in [2.75, 3.05) is 5.32 Å². The Morgan fingerprint density at radius 2 is 2.16 bits per heavy atom. The molecule has 1 aliphatic rings. The van der Waals surface area contributed by atoms with Gasteiger partial charge in [-0.1, -0.05) is 12.8 Å². The molecule has 0 radical (unpaired) electrons. The van der Waals surface area contributed by atoms with Gasteiger partial charge in [0, 0.05) is 25.5 Å². The average Bonchev–Trinajstić information content (AvgIpc) is 3.05. The molecule has 0 aliphatic heterocycles. The van der Waals surface area contributed by atoms with Gasteiger partial charge in [0.05, 0.1) is 17.9 Å². The van der Waals surface area contributed by atoms with Crippen molar-refractivity contribution in [1.29, 1.82) is 0 Å². The minimum Gasteiger partial charge on any atom is -0.353 e. The van der Waals surface area contributed by atoms with Gasteiger partial charge in [-0.25, -0.2) is 4.98 Å². The minimum atomic E-state index is 0.587. The first-order chi connectivity index (χ1) is 9.20. The molecule has 5 heteroatoms. The number of imidazole rings is 1. The number of aromatic nitrogens is 4. The van der Waals surface area contributed by atoms with Crippen LogP contribution in [-0.4, -0.2) is 25.4 Å². The van der Waals surface area contributed by atoms with E-state index in [-0.39, 0.29) is 0 Å². The van der Waals surface area contributed by atoms with Gasteiger partial charge in [-0.15, -0.1) is 0 Å². The van der Waals surface area contributed by atoms with E-state index in [9.17, 15) is 0 Å². The Kier molecular flexibility index (Phi) is 3.27. The van der Waals surface area contributed by atoms with E-state index >= 15 is 0 Å². The molecule has 1 aliphatic carbocycles. The second kappa shape index (κ2) is 5.07. The quantitative estimate of drug-likeness (QED) is 0.916. The molecule has 0 aromatic carbocycles. The van der Waals surface area contributed by atoms with E-state index in [1.54, 1.807) is 0 Å². The summed E-state index contributed by atoms with van der Waals surface area (Å²) in [5.41, 5.74) is 2.12. The first kappa shape index (κ1) is 12.3. The van der Waals surface area contributed by atoms with E-state index in [2.05, 4.69) is 32.2 Å². The van der Waals surface area contributed by atoms with Crippen LogP contribution in [0.3, 0.4) is 0 Å². The third-order valence-corrected chi connectivity index (χ3v) is 3.69. The maximum atomic E-state index is 4.59. The third kappa shape index (κ3) is 2.80. The second-order valence-electron chi connectivity index (χ2n) is 5.44. The summed E-state index contributed by atoms with van der Waals surface area (Å²) in [7, 11) is 1.94. The predicted octanol–water partition coefficient (Wildman–Crippen LogP) is 2.33. The summed E-state index contributed by atoms with van der Waals surface area (Å²) in [5.74, 6) is 0.982. The summed E-state index contributed by atoms with van der Waals surface area (Å²) in [6, 6.07) is 2.64. The zero-order chi connectivity index (χ0) is 13.2. The highest BCUT2D eigenvalue weighted by Gasteiger charge is 2.17. The Balaban J connectivity index is 1.76. The van der Waals surface area contributed by atoms with E-state index in [1.807, 2.05) is 24.9 Å². The van der Waals surface area contributed by atoms with Crippen LogP contribution in [0.4, 0.5) is 5.95 Å². The molecule has 0 atom stereocenters. The molecule has 2 aromatic heterocycles. The van der Waals surface area contributed by atoms with Crippen LogP contribution in [0, 0.1) is 6.92 Å². The average molecular weight is 259 g/mol. The lowest BCUT2D eigenvalue weighted by molar-refractivity contribution is 0.689. The third-order valence-electron chi connectivity index (χ3n) is 3.69. The summed E-state index contributed by atoms with van der Waals surface area (Å²) in [5, 5.41) is 8.00. The van der Waals surface area contributed by atoms with Gasteiger partial charge in [0.2, 0.25) is 5.95 Å². The van der Waals surface area contributed by atoms with E-state index in [0.717, 1.165) is 23.9 Å². The van der Waals surface area contributed by atoms with Gasteiger partial charge in [0.25, 0.3) is 0 Å². The number of hydrogen-bond acceptors (Lipinski definition) is 3. The summed E-state index contributed by atoms with van der Waals surface area (Å²) in [6.45, 7) is 2.81. The molecular formula is C14H21N5. The lowest BCUT2D eigenvalue weighted by Gasteiger charge is -2.14. The van der Waals surface area contributed by atoms with Gasteiger partial charge < -0.3 is 9.88 Å². The minimum absolute atomic E-state index is 0.587. The Bertz CT molecular complexity index is 548. The normalized spacial score (nSPS) is 16.1. The number of aryl methyl sites for hydroxylation is 2. The molecule has 5 nitrogen and oxygen atoms in total. The lowest BCUT2D eigenvalue weighted by Crippen LogP contribution is -2.18. The SMILES string of the molecule is Cc1cn(Cc2ccn(C)n2)c(NC2CCCC2)n1. The number of hydrogen-bond donors (Lipinski definition) is 1. The summed E-state index contributed by atoms with van der Waals surface area (Å²) >= 11 is 0. The fourth-order valence-electron chi connectivity index (χ4n) is 2.76. The van der Waals surface area contributed by atoms with Crippen molar-refractivity contribution in [3.63, 3.8) is 0 Å². The molecule has 0 bridgehead atoms. The van der Waals surface area contributed by atoms with Crippen LogP contribution >= 0.6 is 0 Å². The van der Waals surface area contributed by atoms with Crippen LogP contribution in [0.2, 0.25) is 0 Å². The zero-order valence-corrected chi connectivity index (χ0v) is 11.6. The maximum Gasteiger partial charge on any atom is 0.203 e. The molecule has 3 rings (SSSR count). The van der Waals surface area contributed by atoms with Crippen LogP contribution in [-0.2, 0) is 13.6 Å². The summed E-state index contributed by atoms with van der Waals surface area (Å²) in [6.07, 6.45) is 9.25. The van der Waals surface area contributed by atoms with Crippen LogP contribution < -0.4 is 5.32 Å². The first-order valence-corrected chi connectivity index (χ1v) is 6.99. The van der Waals surface area contributed by atoms with Crippen molar-refractivity contribution in [2.24, 2.45) is 7.05 Å². The molecule has 0 spiro atoms.